The van der Waals surface area contributed by atoms with Crippen LogP contribution >= 0.6 is 0 Å². The molecule has 0 saturated carbocycles. The molecule has 0 aliphatic rings. The van der Waals surface area contributed by atoms with Crippen LogP contribution in [0.25, 0.3) is 0 Å². The monoisotopic (exact) mass is 414 g/mol. The van der Waals surface area contributed by atoms with Gasteiger partial charge in [-0.1, -0.05) is 54.6 Å². The molecule has 0 spiro atoms. The lowest BCUT2D eigenvalue weighted by molar-refractivity contribution is -0.121. The highest BCUT2D eigenvalue weighted by molar-refractivity contribution is 5.97. The second-order valence-corrected chi connectivity index (χ2v) is 6.67. The van der Waals surface area contributed by atoms with E-state index < -0.39 is 18.5 Å². The molecule has 6 nitrogen and oxygen atoms in total. The maximum absolute atomic E-state index is 12.6. The number of benzene rings is 3. The fourth-order valence-corrected chi connectivity index (χ4v) is 2.91. The Morgan fingerprint density at radius 1 is 0.903 bits per heavy atom. The average Bonchev–Trinajstić information content (AvgIpc) is 2.83. The third kappa shape index (κ3) is 6.44. The summed E-state index contributed by atoms with van der Waals surface area (Å²) in [6, 6.07) is 27.3. The third-order valence-corrected chi connectivity index (χ3v) is 4.46. The van der Waals surface area contributed by atoms with Gasteiger partial charge in [0.1, 0.15) is 12.4 Å². The summed E-state index contributed by atoms with van der Waals surface area (Å²) in [6.45, 7) is 0.177. The second-order valence-electron chi connectivity index (χ2n) is 6.67. The maximum Gasteiger partial charge on any atom is 0.338 e. The molecule has 0 bridgehead atoms. The van der Waals surface area contributed by atoms with E-state index in [0.717, 1.165) is 5.56 Å². The van der Waals surface area contributed by atoms with E-state index in [-0.39, 0.29) is 13.0 Å². The summed E-state index contributed by atoms with van der Waals surface area (Å²) >= 11 is 0. The van der Waals surface area contributed by atoms with Crippen LogP contribution in [-0.4, -0.2) is 25.0 Å². The number of para-hydroxylation sites is 1. The van der Waals surface area contributed by atoms with Crippen LogP contribution in [0.4, 0.5) is 5.69 Å². The molecule has 0 aliphatic heterocycles. The van der Waals surface area contributed by atoms with E-state index in [1.165, 1.54) is 4.90 Å². The Kier molecular flexibility index (Phi) is 7.78. The first-order valence-corrected chi connectivity index (χ1v) is 9.83. The van der Waals surface area contributed by atoms with Gasteiger partial charge in [0.15, 0.2) is 6.61 Å². The van der Waals surface area contributed by atoms with Gasteiger partial charge in [0.25, 0.3) is 5.91 Å². The SMILES string of the molecule is N#CCCN(C(=O)COC(=O)c1cccc(OCc2ccccc2)c1)c1ccccc1. The van der Waals surface area contributed by atoms with Crippen molar-refractivity contribution in [2.24, 2.45) is 0 Å². The van der Waals surface area contributed by atoms with Crippen LogP contribution in [0.5, 0.6) is 5.75 Å². The summed E-state index contributed by atoms with van der Waals surface area (Å²) in [6.07, 6.45) is 0.176. The first-order valence-electron chi connectivity index (χ1n) is 9.83. The molecule has 156 valence electrons. The number of anilines is 1. The fourth-order valence-electron chi connectivity index (χ4n) is 2.91. The first kappa shape index (κ1) is 21.6. The van der Waals surface area contributed by atoms with E-state index in [2.05, 4.69) is 0 Å². The van der Waals surface area contributed by atoms with E-state index in [0.29, 0.717) is 23.6 Å². The van der Waals surface area contributed by atoms with Gasteiger partial charge < -0.3 is 14.4 Å². The predicted molar refractivity (Wildman–Crippen MR) is 117 cm³/mol. The Morgan fingerprint density at radius 3 is 2.32 bits per heavy atom. The summed E-state index contributed by atoms with van der Waals surface area (Å²) in [7, 11) is 0. The highest BCUT2D eigenvalue weighted by Gasteiger charge is 2.18. The zero-order valence-corrected chi connectivity index (χ0v) is 16.9. The minimum Gasteiger partial charge on any atom is -0.489 e. The number of carbonyl (C=O) groups is 2. The molecular weight excluding hydrogens is 392 g/mol. The summed E-state index contributed by atoms with van der Waals surface area (Å²) in [5, 5.41) is 8.87. The predicted octanol–water partition coefficient (Wildman–Crippen LogP) is 4.37. The van der Waals surface area contributed by atoms with Gasteiger partial charge in [-0.25, -0.2) is 4.79 Å². The van der Waals surface area contributed by atoms with E-state index in [4.69, 9.17) is 14.7 Å². The number of hydrogen-bond donors (Lipinski definition) is 0. The number of nitriles is 1. The number of hydrogen-bond acceptors (Lipinski definition) is 5. The van der Waals surface area contributed by atoms with Crippen LogP contribution < -0.4 is 9.64 Å². The van der Waals surface area contributed by atoms with E-state index >= 15 is 0 Å². The van der Waals surface area contributed by atoms with Crippen LogP contribution in [0.15, 0.2) is 84.9 Å². The second kappa shape index (κ2) is 11.2. The van der Waals surface area contributed by atoms with Crippen molar-refractivity contribution < 1.29 is 19.1 Å². The Balaban J connectivity index is 1.59. The maximum atomic E-state index is 12.6. The van der Waals surface area contributed by atoms with Gasteiger partial charge in [-0.05, 0) is 35.9 Å². The van der Waals surface area contributed by atoms with E-state index in [1.807, 2.05) is 42.5 Å². The zero-order valence-electron chi connectivity index (χ0n) is 16.9. The molecule has 0 aromatic heterocycles. The average molecular weight is 414 g/mol. The van der Waals surface area contributed by atoms with Gasteiger partial charge in [-0.2, -0.15) is 5.26 Å². The quantitative estimate of drug-likeness (QED) is 0.486. The number of carbonyl (C=O) groups excluding carboxylic acids is 2. The molecule has 0 unspecified atom stereocenters. The lowest BCUT2D eigenvalue weighted by atomic mass is 10.2. The number of ether oxygens (including phenoxy) is 2. The van der Waals surface area contributed by atoms with Gasteiger partial charge >= 0.3 is 5.97 Å². The summed E-state index contributed by atoms with van der Waals surface area (Å²) in [5.41, 5.74) is 1.95. The first-order chi connectivity index (χ1) is 15.2. The van der Waals surface area contributed by atoms with E-state index in [1.54, 1.807) is 48.5 Å². The van der Waals surface area contributed by atoms with Crippen molar-refractivity contribution in [1.82, 2.24) is 0 Å². The topological polar surface area (TPSA) is 79.6 Å². The number of rotatable bonds is 9. The number of nitrogens with zero attached hydrogens (tertiary/aromatic N) is 2. The molecule has 31 heavy (non-hydrogen) atoms. The lowest BCUT2D eigenvalue weighted by Crippen LogP contribution is -2.35. The molecule has 0 radical (unpaired) electrons. The Hall–Kier alpha value is -4.11. The third-order valence-electron chi connectivity index (χ3n) is 4.46. The molecule has 0 atom stereocenters. The van der Waals surface area contributed by atoms with Crippen LogP contribution in [0, 0.1) is 11.3 Å². The molecule has 0 aliphatic carbocycles. The van der Waals surface area contributed by atoms with Crippen LogP contribution in [0.2, 0.25) is 0 Å². The summed E-state index contributed by atoms with van der Waals surface area (Å²) in [4.78, 5) is 26.5. The minimum absolute atomic E-state index is 0.176. The molecule has 0 N–H and O–H groups in total. The molecule has 3 rings (SSSR count). The van der Waals surface area contributed by atoms with E-state index in [9.17, 15) is 9.59 Å². The molecule has 0 heterocycles. The van der Waals surface area contributed by atoms with Gasteiger partial charge in [-0.15, -0.1) is 0 Å². The van der Waals surface area contributed by atoms with Gasteiger partial charge in [0.05, 0.1) is 18.1 Å². The van der Waals surface area contributed by atoms with Crippen molar-refractivity contribution in [2.45, 2.75) is 13.0 Å². The van der Waals surface area contributed by atoms with Gasteiger partial charge in [-0.3, -0.25) is 4.79 Å². The number of esters is 1. The molecule has 0 saturated heterocycles. The highest BCUT2D eigenvalue weighted by Crippen LogP contribution is 2.17. The summed E-state index contributed by atoms with van der Waals surface area (Å²) in [5.74, 6) is -0.484. The minimum atomic E-state index is -0.619. The van der Waals surface area contributed by atoms with Crippen molar-refractivity contribution in [3.63, 3.8) is 0 Å². The molecule has 3 aromatic carbocycles. The van der Waals surface area contributed by atoms with Crippen LogP contribution in [0.3, 0.4) is 0 Å². The zero-order chi connectivity index (χ0) is 21.9. The van der Waals surface area contributed by atoms with Crippen molar-refractivity contribution in [2.75, 3.05) is 18.1 Å². The van der Waals surface area contributed by atoms with Crippen molar-refractivity contribution in [1.29, 1.82) is 5.26 Å². The normalized spacial score (nSPS) is 10.0. The summed E-state index contributed by atoms with van der Waals surface area (Å²) < 4.78 is 11.0. The largest absolute Gasteiger partial charge is 0.489 e. The Morgan fingerprint density at radius 2 is 1.61 bits per heavy atom. The van der Waals surface area contributed by atoms with Crippen molar-refractivity contribution >= 4 is 17.6 Å². The molecule has 6 heteroatoms. The van der Waals surface area contributed by atoms with Gasteiger partial charge in [0.2, 0.25) is 0 Å². The molecule has 1 amide bonds. The highest BCUT2D eigenvalue weighted by atomic mass is 16.5. The smallest absolute Gasteiger partial charge is 0.338 e. The standard InChI is InChI=1S/C25H22N2O4/c26-15-8-16-27(22-12-5-2-6-13-22)24(28)19-31-25(29)21-11-7-14-23(17-21)30-18-20-9-3-1-4-10-20/h1-7,9-14,17H,8,16,18-19H2. The van der Waals surface area contributed by atoms with Crippen molar-refractivity contribution in [3.8, 4) is 11.8 Å². The van der Waals surface area contributed by atoms with Crippen LogP contribution in [0.1, 0.15) is 22.3 Å². The Labute approximate surface area is 181 Å². The van der Waals surface area contributed by atoms with Gasteiger partial charge in [0, 0.05) is 12.2 Å². The molecular formula is C25H22N2O4. The molecule has 0 fully saturated rings. The molecule has 3 aromatic rings. The fraction of sp³-hybridized carbons (Fsp3) is 0.160. The number of amides is 1. The van der Waals surface area contributed by atoms with Crippen molar-refractivity contribution in [3.05, 3.63) is 96.1 Å². The Bertz CT molecular complexity index is 1050. The lowest BCUT2D eigenvalue weighted by Gasteiger charge is -2.21. The van der Waals surface area contributed by atoms with Crippen LogP contribution in [-0.2, 0) is 16.1 Å².